The molecule has 4 heteroatoms. The van der Waals surface area contributed by atoms with Crippen LogP contribution in [0.1, 0.15) is 12.5 Å². The third kappa shape index (κ3) is 1.87. The van der Waals surface area contributed by atoms with Crippen LogP contribution >= 0.6 is 11.6 Å². The highest BCUT2D eigenvalue weighted by Crippen LogP contribution is 2.22. The molecule has 3 aromatic heterocycles. The molecule has 0 aliphatic carbocycles. The Morgan fingerprint density at radius 3 is 2.89 bits per heavy atom. The zero-order valence-electron chi connectivity index (χ0n) is 9.97. The third-order valence-corrected chi connectivity index (χ3v) is 3.24. The fourth-order valence-corrected chi connectivity index (χ4v) is 2.24. The fraction of sp³-hybridized carbons (Fsp3) is 0.143. The zero-order chi connectivity index (χ0) is 12.5. The normalized spacial score (nSPS) is 11.0. The fourth-order valence-electron chi connectivity index (χ4n) is 2.06. The van der Waals surface area contributed by atoms with Crippen LogP contribution in [0.25, 0.3) is 16.6 Å². The van der Waals surface area contributed by atoms with E-state index in [2.05, 4.69) is 29.1 Å². The monoisotopic (exact) mass is 257 g/mol. The van der Waals surface area contributed by atoms with Crippen LogP contribution in [0, 0.1) is 0 Å². The van der Waals surface area contributed by atoms with Gasteiger partial charge >= 0.3 is 0 Å². The van der Waals surface area contributed by atoms with Gasteiger partial charge in [0.25, 0.3) is 0 Å². The number of pyridine rings is 2. The summed E-state index contributed by atoms with van der Waals surface area (Å²) in [5, 5.41) is 4.87. The molecule has 0 bridgehead atoms. The molecule has 90 valence electrons. The Morgan fingerprint density at radius 1 is 1.22 bits per heavy atom. The maximum absolute atomic E-state index is 5.91. The molecule has 3 nitrogen and oxygen atoms in total. The minimum Gasteiger partial charge on any atom is -0.245 e. The first-order valence-electron chi connectivity index (χ1n) is 5.86. The van der Waals surface area contributed by atoms with Crippen molar-refractivity contribution in [3.63, 3.8) is 0 Å². The molecule has 18 heavy (non-hydrogen) atoms. The van der Waals surface area contributed by atoms with Crippen LogP contribution in [0.4, 0.5) is 0 Å². The second-order valence-corrected chi connectivity index (χ2v) is 4.53. The number of aryl methyl sites for hydroxylation is 1. The highest BCUT2D eigenvalue weighted by molar-refractivity contribution is 6.29. The molecule has 3 aromatic rings. The standard InChI is InChI=1S/C14H12ClN3/c1-2-10-8-17-18-9-12(3-4-13(10)18)11-5-6-16-14(15)7-11/h3-9H,2H2,1H3. The number of nitrogens with zero attached hydrogens (tertiary/aromatic N) is 3. The van der Waals surface area contributed by atoms with Gasteiger partial charge in [-0.3, -0.25) is 0 Å². The summed E-state index contributed by atoms with van der Waals surface area (Å²) in [5.74, 6) is 0. The van der Waals surface area contributed by atoms with E-state index in [0.29, 0.717) is 5.15 Å². The van der Waals surface area contributed by atoms with E-state index >= 15 is 0 Å². The predicted octanol–water partition coefficient (Wildman–Crippen LogP) is 3.61. The van der Waals surface area contributed by atoms with Gasteiger partial charge in [0, 0.05) is 18.0 Å². The van der Waals surface area contributed by atoms with E-state index in [1.165, 1.54) is 5.56 Å². The summed E-state index contributed by atoms with van der Waals surface area (Å²) in [6.45, 7) is 2.13. The van der Waals surface area contributed by atoms with Crippen LogP contribution in [0.2, 0.25) is 5.15 Å². The van der Waals surface area contributed by atoms with Gasteiger partial charge in [-0.05, 0) is 35.7 Å². The van der Waals surface area contributed by atoms with Crippen molar-refractivity contribution in [3.8, 4) is 11.1 Å². The second kappa shape index (κ2) is 4.42. The molecule has 0 fully saturated rings. The maximum Gasteiger partial charge on any atom is 0.129 e. The van der Waals surface area contributed by atoms with E-state index in [-0.39, 0.29) is 0 Å². The first-order valence-corrected chi connectivity index (χ1v) is 6.24. The van der Waals surface area contributed by atoms with Gasteiger partial charge < -0.3 is 0 Å². The van der Waals surface area contributed by atoms with Crippen molar-refractivity contribution in [2.75, 3.05) is 0 Å². The average Bonchev–Trinajstić information content (AvgIpc) is 2.80. The molecule has 0 aromatic carbocycles. The summed E-state index contributed by atoms with van der Waals surface area (Å²) in [6.07, 6.45) is 6.63. The van der Waals surface area contributed by atoms with E-state index in [1.54, 1.807) is 6.20 Å². The van der Waals surface area contributed by atoms with Gasteiger partial charge in [0.1, 0.15) is 5.15 Å². The smallest absolute Gasteiger partial charge is 0.129 e. The van der Waals surface area contributed by atoms with Crippen molar-refractivity contribution in [3.05, 3.63) is 53.6 Å². The van der Waals surface area contributed by atoms with Crippen molar-refractivity contribution < 1.29 is 0 Å². The van der Waals surface area contributed by atoms with E-state index in [0.717, 1.165) is 23.1 Å². The number of halogens is 1. The van der Waals surface area contributed by atoms with E-state index in [4.69, 9.17) is 11.6 Å². The Bertz CT molecular complexity index is 703. The van der Waals surface area contributed by atoms with Gasteiger partial charge in [-0.2, -0.15) is 5.10 Å². The minimum atomic E-state index is 0.502. The first kappa shape index (κ1) is 11.2. The number of hydrogen-bond donors (Lipinski definition) is 0. The molecule has 0 saturated heterocycles. The van der Waals surface area contributed by atoms with Crippen LogP contribution in [0.15, 0.2) is 42.9 Å². The molecule has 3 rings (SSSR count). The van der Waals surface area contributed by atoms with Gasteiger partial charge in [-0.15, -0.1) is 0 Å². The highest BCUT2D eigenvalue weighted by atomic mass is 35.5. The number of fused-ring (bicyclic) bond motifs is 1. The summed E-state index contributed by atoms with van der Waals surface area (Å²) < 4.78 is 1.91. The molecule has 0 aliphatic heterocycles. The van der Waals surface area contributed by atoms with Gasteiger partial charge in [-0.25, -0.2) is 9.50 Å². The topological polar surface area (TPSA) is 30.2 Å². The lowest BCUT2D eigenvalue weighted by atomic mass is 10.1. The number of rotatable bonds is 2. The van der Waals surface area contributed by atoms with Crippen molar-refractivity contribution in [2.45, 2.75) is 13.3 Å². The summed E-state index contributed by atoms with van der Waals surface area (Å²) in [7, 11) is 0. The van der Waals surface area contributed by atoms with E-state index in [1.807, 2.05) is 29.0 Å². The average molecular weight is 258 g/mol. The third-order valence-electron chi connectivity index (χ3n) is 3.04. The van der Waals surface area contributed by atoms with Crippen molar-refractivity contribution in [1.29, 1.82) is 0 Å². The van der Waals surface area contributed by atoms with Crippen LogP contribution in [0.5, 0.6) is 0 Å². The van der Waals surface area contributed by atoms with Gasteiger partial charge in [0.15, 0.2) is 0 Å². The lowest BCUT2D eigenvalue weighted by Crippen LogP contribution is -1.89. The van der Waals surface area contributed by atoms with Gasteiger partial charge in [0.2, 0.25) is 0 Å². The Labute approximate surface area is 110 Å². The molecule has 0 unspecified atom stereocenters. The lowest BCUT2D eigenvalue weighted by molar-refractivity contribution is 0.963. The Morgan fingerprint density at radius 2 is 2.11 bits per heavy atom. The minimum absolute atomic E-state index is 0.502. The first-order chi connectivity index (χ1) is 8.78. The van der Waals surface area contributed by atoms with Crippen LogP contribution in [-0.2, 0) is 6.42 Å². The zero-order valence-corrected chi connectivity index (χ0v) is 10.7. The molecule has 0 amide bonds. The highest BCUT2D eigenvalue weighted by Gasteiger charge is 2.04. The predicted molar refractivity (Wildman–Crippen MR) is 72.8 cm³/mol. The Hall–Kier alpha value is -1.87. The molecular formula is C14H12ClN3. The number of hydrogen-bond acceptors (Lipinski definition) is 2. The largest absolute Gasteiger partial charge is 0.245 e. The van der Waals surface area contributed by atoms with Crippen LogP contribution in [0.3, 0.4) is 0 Å². The molecule has 3 heterocycles. The SMILES string of the molecule is CCc1cnn2cc(-c3ccnc(Cl)c3)ccc12. The van der Waals surface area contributed by atoms with Crippen molar-refractivity contribution in [2.24, 2.45) is 0 Å². The summed E-state index contributed by atoms with van der Waals surface area (Å²) in [4.78, 5) is 3.99. The quantitative estimate of drug-likeness (QED) is 0.657. The molecule has 0 spiro atoms. The Kier molecular flexibility index (Phi) is 2.76. The molecule has 0 aliphatic rings. The molecule has 0 atom stereocenters. The molecule has 0 saturated carbocycles. The number of aromatic nitrogens is 3. The van der Waals surface area contributed by atoms with E-state index in [9.17, 15) is 0 Å². The molecule has 0 N–H and O–H groups in total. The Balaban J connectivity index is 2.14. The maximum atomic E-state index is 5.91. The molecular weight excluding hydrogens is 246 g/mol. The van der Waals surface area contributed by atoms with Crippen molar-refractivity contribution >= 4 is 17.1 Å². The van der Waals surface area contributed by atoms with Crippen molar-refractivity contribution in [1.82, 2.24) is 14.6 Å². The lowest BCUT2D eigenvalue weighted by Gasteiger charge is -2.03. The summed E-state index contributed by atoms with van der Waals surface area (Å²) >= 11 is 5.91. The molecule has 0 radical (unpaired) electrons. The van der Waals surface area contributed by atoms with Gasteiger partial charge in [-0.1, -0.05) is 24.6 Å². The van der Waals surface area contributed by atoms with Gasteiger partial charge in [0.05, 0.1) is 11.7 Å². The van der Waals surface area contributed by atoms with E-state index < -0.39 is 0 Å². The van der Waals surface area contributed by atoms with Crippen LogP contribution in [-0.4, -0.2) is 14.6 Å². The summed E-state index contributed by atoms with van der Waals surface area (Å²) in [6, 6.07) is 7.97. The van der Waals surface area contributed by atoms with Crippen LogP contribution < -0.4 is 0 Å². The second-order valence-electron chi connectivity index (χ2n) is 4.14. The summed E-state index contributed by atoms with van der Waals surface area (Å²) in [5.41, 5.74) is 4.54.